The molecule has 3 rings (SSSR count). The maximum Gasteiger partial charge on any atom is 0.251 e. The van der Waals surface area contributed by atoms with E-state index in [0.717, 1.165) is 36.3 Å². The highest BCUT2D eigenvalue weighted by atomic mass is 16.2. The highest BCUT2D eigenvalue weighted by molar-refractivity contribution is 5.96. The Bertz CT molecular complexity index is 857. The number of hydrogen-bond donors (Lipinski definition) is 2. The van der Waals surface area contributed by atoms with E-state index in [4.69, 9.17) is 0 Å². The molecule has 0 atom stereocenters. The molecule has 0 spiro atoms. The zero-order chi connectivity index (χ0) is 20.6. The molecule has 154 valence electrons. The van der Waals surface area contributed by atoms with Crippen molar-refractivity contribution < 1.29 is 9.59 Å². The molecule has 5 heteroatoms. The fraction of sp³-hybridized carbons (Fsp3) is 0.417. The van der Waals surface area contributed by atoms with E-state index in [-0.39, 0.29) is 18.4 Å². The number of likely N-dealkylation sites (tertiary alicyclic amines) is 1. The zero-order valence-electron chi connectivity index (χ0n) is 17.5. The fourth-order valence-corrected chi connectivity index (χ4v) is 3.64. The number of nitrogens with zero attached hydrogens (tertiary/aromatic N) is 1. The Morgan fingerprint density at radius 2 is 1.62 bits per heavy atom. The van der Waals surface area contributed by atoms with E-state index in [0.29, 0.717) is 12.1 Å². The van der Waals surface area contributed by atoms with E-state index in [1.165, 1.54) is 24.8 Å². The molecule has 2 N–H and O–H groups in total. The van der Waals surface area contributed by atoms with Crippen molar-refractivity contribution in [2.75, 3.05) is 19.6 Å². The largest absolute Gasteiger partial charge is 0.350 e. The topological polar surface area (TPSA) is 61.4 Å². The first-order valence-electron chi connectivity index (χ1n) is 10.4. The van der Waals surface area contributed by atoms with Crippen molar-refractivity contribution in [2.45, 2.75) is 46.2 Å². The normalized spacial score (nSPS) is 14.4. The first-order valence-corrected chi connectivity index (χ1v) is 10.4. The van der Waals surface area contributed by atoms with Crippen LogP contribution in [-0.2, 0) is 17.9 Å². The van der Waals surface area contributed by atoms with Gasteiger partial charge in [-0.25, -0.2) is 0 Å². The average molecular weight is 394 g/mol. The highest BCUT2D eigenvalue weighted by Gasteiger charge is 2.13. The Morgan fingerprint density at radius 1 is 0.897 bits per heavy atom. The predicted octanol–water partition coefficient (Wildman–Crippen LogP) is 3.34. The van der Waals surface area contributed by atoms with Crippen LogP contribution in [0.15, 0.2) is 42.5 Å². The lowest BCUT2D eigenvalue weighted by molar-refractivity contribution is -0.120. The molecule has 0 aromatic heterocycles. The van der Waals surface area contributed by atoms with Gasteiger partial charge in [0, 0.05) is 18.7 Å². The van der Waals surface area contributed by atoms with Crippen LogP contribution in [0.25, 0.3) is 0 Å². The highest BCUT2D eigenvalue weighted by Crippen LogP contribution is 2.16. The lowest BCUT2D eigenvalue weighted by atomic mass is 10.0. The SMILES string of the molecule is Cc1ccc(C(=O)NCC(=O)NCc2ccccc2CN2CCCCC2)cc1C. The molecule has 1 fully saturated rings. The van der Waals surface area contributed by atoms with Gasteiger partial charge in [0.05, 0.1) is 6.54 Å². The molecule has 0 aliphatic carbocycles. The van der Waals surface area contributed by atoms with Crippen LogP contribution in [0.5, 0.6) is 0 Å². The molecule has 1 aliphatic heterocycles. The molecule has 2 aromatic carbocycles. The van der Waals surface area contributed by atoms with E-state index >= 15 is 0 Å². The molecular weight excluding hydrogens is 362 g/mol. The van der Waals surface area contributed by atoms with Crippen molar-refractivity contribution in [2.24, 2.45) is 0 Å². The van der Waals surface area contributed by atoms with Crippen molar-refractivity contribution in [3.05, 3.63) is 70.3 Å². The van der Waals surface area contributed by atoms with Gasteiger partial charge in [0.1, 0.15) is 0 Å². The summed E-state index contributed by atoms with van der Waals surface area (Å²) in [5.74, 6) is -0.413. The van der Waals surface area contributed by atoms with Crippen LogP contribution in [-0.4, -0.2) is 36.3 Å². The number of hydrogen-bond acceptors (Lipinski definition) is 3. The van der Waals surface area contributed by atoms with Gasteiger partial charge in [0.15, 0.2) is 0 Å². The van der Waals surface area contributed by atoms with Crippen LogP contribution in [0, 0.1) is 13.8 Å². The minimum absolute atomic E-state index is 0.0277. The van der Waals surface area contributed by atoms with Gasteiger partial charge in [-0.2, -0.15) is 0 Å². The van der Waals surface area contributed by atoms with E-state index in [1.54, 1.807) is 6.07 Å². The van der Waals surface area contributed by atoms with Crippen molar-refractivity contribution in [1.29, 1.82) is 0 Å². The Hall–Kier alpha value is -2.66. The number of aryl methyl sites for hydroxylation is 2. The van der Waals surface area contributed by atoms with Gasteiger partial charge in [0.2, 0.25) is 5.91 Å². The minimum atomic E-state index is -0.228. The van der Waals surface area contributed by atoms with E-state index in [1.807, 2.05) is 38.1 Å². The third-order valence-corrected chi connectivity index (χ3v) is 5.62. The number of nitrogens with one attached hydrogen (secondary N) is 2. The molecule has 5 nitrogen and oxygen atoms in total. The number of amides is 2. The number of rotatable bonds is 7. The minimum Gasteiger partial charge on any atom is -0.350 e. The van der Waals surface area contributed by atoms with Crippen LogP contribution < -0.4 is 10.6 Å². The molecule has 1 aliphatic rings. The van der Waals surface area contributed by atoms with Gasteiger partial charge < -0.3 is 10.6 Å². The molecule has 0 unspecified atom stereocenters. The summed E-state index contributed by atoms with van der Waals surface area (Å²) in [5.41, 5.74) is 5.17. The molecule has 0 radical (unpaired) electrons. The monoisotopic (exact) mass is 393 g/mol. The van der Waals surface area contributed by atoms with Crippen molar-refractivity contribution in [3.63, 3.8) is 0 Å². The summed E-state index contributed by atoms with van der Waals surface area (Å²) in [6.07, 6.45) is 3.85. The van der Waals surface area contributed by atoms with Crippen molar-refractivity contribution in [1.82, 2.24) is 15.5 Å². The number of carbonyl (C=O) groups is 2. The van der Waals surface area contributed by atoms with Crippen LogP contribution >= 0.6 is 0 Å². The van der Waals surface area contributed by atoms with E-state index in [9.17, 15) is 9.59 Å². The second-order valence-electron chi connectivity index (χ2n) is 7.86. The molecule has 2 amide bonds. The Balaban J connectivity index is 1.49. The number of benzene rings is 2. The van der Waals surface area contributed by atoms with Crippen LogP contribution in [0.1, 0.15) is 51.9 Å². The molecule has 0 bridgehead atoms. The van der Waals surface area contributed by atoms with Crippen LogP contribution in [0.2, 0.25) is 0 Å². The molecule has 1 saturated heterocycles. The fourth-order valence-electron chi connectivity index (χ4n) is 3.64. The van der Waals surface area contributed by atoms with Gasteiger partial charge in [-0.05, 0) is 74.2 Å². The van der Waals surface area contributed by atoms with Gasteiger partial charge in [-0.3, -0.25) is 14.5 Å². The number of carbonyl (C=O) groups excluding carboxylic acids is 2. The maximum absolute atomic E-state index is 12.3. The second kappa shape index (κ2) is 10.2. The summed E-state index contributed by atoms with van der Waals surface area (Å²) in [6.45, 7) is 7.64. The maximum atomic E-state index is 12.3. The Morgan fingerprint density at radius 3 is 2.34 bits per heavy atom. The summed E-state index contributed by atoms with van der Waals surface area (Å²) in [4.78, 5) is 27.0. The van der Waals surface area contributed by atoms with Crippen LogP contribution in [0.3, 0.4) is 0 Å². The summed E-state index contributed by atoms with van der Waals surface area (Å²) in [7, 11) is 0. The van der Waals surface area contributed by atoms with Gasteiger partial charge in [-0.15, -0.1) is 0 Å². The predicted molar refractivity (Wildman–Crippen MR) is 116 cm³/mol. The first-order chi connectivity index (χ1) is 14.0. The van der Waals surface area contributed by atoms with Gasteiger partial charge in [-0.1, -0.05) is 36.8 Å². The zero-order valence-corrected chi connectivity index (χ0v) is 17.5. The summed E-state index contributed by atoms with van der Waals surface area (Å²) in [5, 5.41) is 5.63. The molecule has 29 heavy (non-hydrogen) atoms. The van der Waals surface area contributed by atoms with Crippen molar-refractivity contribution in [3.8, 4) is 0 Å². The summed E-state index contributed by atoms with van der Waals surface area (Å²) in [6, 6.07) is 13.8. The first kappa shape index (κ1) is 21.1. The van der Waals surface area contributed by atoms with Gasteiger partial charge in [0.25, 0.3) is 5.91 Å². The van der Waals surface area contributed by atoms with E-state index in [2.05, 4.69) is 27.7 Å². The third kappa shape index (κ3) is 6.16. The Labute approximate surface area is 173 Å². The third-order valence-electron chi connectivity index (χ3n) is 5.62. The molecular formula is C24H31N3O2. The standard InChI is InChI=1S/C24H31N3O2/c1-18-10-11-20(14-19(18)2)24(29)26-16-23(28)25-15-21-8-4-5-9-22(21)17-27-12-6-3-7-13-27/h4-5,8-11,14H,3,6-7,12-13,15-17H2,1-2H3,(H,25,28)(H,26,29). The quantitative estimate of drug-likeness (QED) is 0.758. The second-order valence-corrected chi connectivity index (χ2v) is 7.86. The van der Waals surface area contributed by atoms with Gasteiger partial charge >= 0.3 is 0 Å². The van der Waals surface area contributed by atoms with Crippen molar-refractivity contribution >= 4 is 11.8 Å². The Kier molecular flexibility index (Phi) is 7.42. The molecule has 2 aromatic rings. The summed E-state index contributed by atoms with van der Waals surface area (Å²) >= 11 is 0. The average Bonchev–Trinajstić information content (AvgIpc) is 2.74. The lowest BCUT2D eigenvalue weighted by Gasteiger charge is -2.27. The summed E-state index contributed by atoms with van der Waals surface area (Å²) < 4.78 is 0. The smallest absolute Gasteiger partial charge is 0.251 e. The molecule has 1 heterocycles. The van der Waals surface area contributed by atoms with Crippen LogP contribution in [0.4, 0.5) is 0 Å². The number of piperidine rings is 1. The van der Waals surface area contributed by atoms with E-state index < -0.39 is 0 Å². The lowest BCUT2D eigenvalue weighted by Crippen LogP contribution is -2.37. The molecule has 0 saturated carbocycles.